The van der Waals surface area contributed by atoms with Crippen molar-refractivity contribution in [1.29, 1.82) is 0 Å². The van der Waals surface area contributed by atoms with Crippen LogP contribution in [-0.4, -0.2) is 11.9 Å². The van der Waals surface area contributed by atoms with Gasteiger partial charge in [-0.1, -0.05) is 56.1 Å². The van der Waals surface area contributed by atoms with Crippen molar-refractivity contribution in [2.75, 3.05) is 0 Å². The summed E-state index contributed by atoms with van der Waals surface area (Å²) in [6, 6.07) is 14.8. The second kappa shape index (κ2) is 10.6. The number of carbonyl (C=O) groups excluding carboxylic acids is 2. The molecule has 0 fully saturated rings. The number of esters is 2. The van der Waals surface area contributed by atoms with Gasteiger partial charge in [-0.15, -0.1) is 0 Å². The van der Waals surface area contributed by atoms with Crippen molar-refractivity contribution in [3.8, 4) is 11.8 Å². The third-order valence-electron chi connectivity index (χ3n) is 3.15. The smallest absolute Gasteiger partial charge is 0.308 e. The summed E-state index contributed by atoms with van der Waals surface area (Å²) in [6.45, 7) is 2.59. The van der Waals surface area contributed by atoms with Gasteiger partial charge in [-0.3, -0.25) is 9.59 Å². The highest BCUT2D eigenvalue weighted by Crippen LogP contribution is 2.15. The molecule has 0 spiro atoms. The molecular formula is C22H16Br2O4. The second-order valence-corrected chi connectivity index (χ2v) is 7.39. The van der Waals surface area contributed by atoms with E-state index < -0.39 is 11.9 Å². The Morgan fingerprint density at radius 2 is 1.04 bits per heavy atom. The van der Waals surface area contributed by atoms with Crippen LogP contribution in [0.4, 0.5) is 0 Å². The lowest BCUT2D eigenvalue weighted by atomic mass is 10.2. The van der Waals surface area contributed by atoms with E-state index in [1.165, 1.54) is 13.8 Å². The first-order valence-corrected chi connectivity index (χ1v) is 9.74. The maximum atomic E-state index is 11.4. The molecule has 28 heavy (non-hydrogen) atoms. The fourth-order valence-corrected chi connectivity index (χ4v) is 2.56. The normalized spacial score (nSPS) is 11.3. The summed E-state index contributed by atoms with van der Waals surface area (Å²) in [6.07, 6.45) is 3.26. The molecule has 0 heterocycles. The average molecular weight is 504 g/mol. The van der Waals surface area contributed by atoms with E-state index in [9.17, 15) is 9.59 Å². The predicted molar refractivity (Wildman–Crippen MR) is 116 cm³/mol. The van der Waals surface area contributed by atoms with Crippen molar-refractivity contribution in [2.45, 2.75) is 13.8 Å². The molecule has 0 aliphatic rings. The van der Waals surface area contributed by atoms with Crippen LogP contribution in [0.25, 0.3) is 12.2 Å². The van der Waals surface area contributed by atoms with Gasteiger partial charge in [0.25, 0.3) is 0 Å². The van der Waals surface area contributed by atoms with Gasteiger partial charge < -0.3 is 9.47 Å². The highest BCUT2D eigenvalue weighted by atomic mass is 79.9. The Kier molecular flexibility index (Phi) is 8.24. The van der Waals surface area contributed by atoms with E-state index in [1.807, 2.05) is 48.5 Å². The zero-order valence-electron chi connectivity index (χ0n) is 15.2. The van der Waals surface area contributed by atoms with Crippen LogP contribution < -0.4 is 0 Å². The van der Waals surface area contributed by atoms with E-state index in [-0.39, 0.29) is 11.5 Å². The molecule has 6 heteroatoms. The summed E-state index contributed by atoms with van der Waals surface area (Å²) in [5.41, 5.74) is 1.61. The number of benzene rings is 2. The SMILES string of the molecule is CC(=O)O/C(C#C/C(=C\c1ccc(Br)cc1)OC(C)=O)=C/c1ccc(Br)cc1. The van der Waals surface area contributed by atoms with E-state index in [0.717, 1.165) is 20.1 Å². The average Bonchev–Trinajstić information content (AvgIpc) is 2.62. The van der Waals surface area contributed by atoms with Crippen LogP contribution in [0.1, 0.15) is 25.0 Å². The van der Waals surface area contributed by atoms with E-state index in [0.29, 0.717) is 0 Å². The Morgan fingerprint density at radius 1 is 0.714 bits per heavy atom. The molecule has 142 valence electrons. The van der Waals surface area contributed by atoms with Crippen LogP contribution in [0.15, 0.2) is 69.0 Å². The van der Waals surface area contributed by atoms with Crippen LogP contribution in [0.5, 0.6) is 0 Å². The molecule has 2 aromatic carbocycles. The number of rotatable bonds is 4. The molecule has 0 saturated carbocycles. The Labute approximate surface area is 180 Å². The zero-order chi connectivity index (χ0) is 20.5. The molecule has 0 aliphatic heterocycles. The monoisotopic (exact) mass is 502 g/mol. The lowest BCUT2D eigenvalue weighted by Crippen LogP contribution is -1.99. The molecule has 2 rings (SSSR count). The van der Waals surface area contributed by atoms with Gasteiger partial charge in [-0.05, 0) is 59.4 Å². The molecule has 4 nitrogen and oxygen atoms in total. The molecule has 0 bridgehead atoms. The van der Waals surface area contributed by atoms with Crippen LogP contribution >= 0.6 is 31.9 Å². The summed E-state index contributed by atoms with van der Waals surface area (Å²) in [5, 5.41) is 0. The third kappa shape index (κ3) is 7.95. The highest BCUT2D eigenvalue weighted by Gasteiger charge is 2.03. The number of halogens is 2. The summed E-state index contributed by atoms with van der Waals surface area (Å²) in [5.74, 6) is 4.80. The quantitative estimate of drug-likeness (QED) is 0.304. The van der Waals surface area contributed by atoms with Crippen LogP contribution in [-0.2, 0) is 19.1 Å². The van der Waals surface area contributed by atoms with Gasteiger partial charge in [0.15, 0.2) is 11.5 Å². The van der Waals surface area contributed by atoms with Gasteiger partial charge in [0.05, 0.1) is 0 Å². The Bertz CT molecular complexity index is 896. The fourth-order valence-electron chi connectivity index (χ4n) is 2.04. The number of hydrogen-bond acceptors (Lipinski definition) is 4. The molecule has 0 saturated heterocycles. The fraction of sp³-hybridized carbons (Fsp3) is 0.0909. The third-order valence-corrected chi connectivity index (χ3v) is 4.21. The number of carbonyl (C=O) groups is 2. The van der Waals surface area contributed by atoms with E-state index >= 15 is 0 Å². The number of ether oxygens (including phenoxy) is 2. The van der Waals surface area contributed by atoms with Gasteiger partial charge in [-0.25, -0.2) is 0 Å². The number of allylic oxidation sites excluding steroid dienone is 2. The molecule has 2 aromatic rings. The minimum absolute atomic E-state index is 0.142. The first kappa shape index (κ1) is 21.7. The molecule has 0 aromatic heterocycles. The minimum Gasteiger partial charge on any atom is -0.417 e. The maximum Gasteiger partial charge on any atom is 0.308 e. The molecule has 0 amide bonds. The van der Waals surface area contributed by atoms with Crippen molar-refractivity contribution in [1.82, 2.24) is 0 Å². The largest absolute Gasteiger partial charge is 0.417 e. The van der Waals surface area contributed by atoms with Gasteiger partial charge in [0, 0.05) is 22.8 Å². The number of hydrogen-bond donors (Lipinski definition) is 0. The molecule has 0 radical (unpaired) electrons. The summed E-state index contributed by atoms with van der Waals surface area (Å²) >= 11 is 6.74. The molecule has 0 atom stereocenters. The van der Waals surface area contributed by atoms with E-state index in [4.69, 9.17) is 9.47 Å². The van der Waals surface area contributed by atoms with E-state index in [2.05, 4.69) is 43.7 Å². The second-order valence-electron chi connectivity index (χ2n) is 5.56. The van der Waals surface area contributed by atoms with Gasteiger partial charge >= 0.3 is 11.9 Å². The lowest BCUT2D eigenvalue weighted by Gasteiger charge is -2.02. The van der Waals surface area contributed by atoms with E-state index in [1.54, 1.807) is 12.2 Å². The Balaban J connectivity index is 2.38. The van der Waals surface area contributed by atoms with Gasteiger partial charge in [0.2, 0.25) is 0 Å². The Hall–Kier alpha value is -2.62. The maximum absolute atomic E-state index is 11.4. The van der Waals surface area contributed by atoms with Crippen molar-refractivity contribution in [2.24, 2.45) is 0 Å². The topological polar surface area (TPSA) is 52.6 Å². The van der Waals surface area contributed by atoms with Crippen LogP contribution in [0.2, 0.25) is 0 Å². The summed E-state index contributed by atoms with van der Waals surface area (Å²) in [7, 11) is 0. The lowest BCUT2D eigenvalue weighted by molar-refractivity contribution is -0.137. The zero-order valence-corrected chi connectivity index (χ0v) is 18.3. The molecular weight excluding hydrogens is 488 g/mol. The van der Waals surface area contributed by atoms with Crippen molar-refractivity contribution < 1.29 is 19.1 Å². The summed E-state index contributed by atoms with van der Waals surface area (Å²) in [4.78, 5) is 22.8. The molecule has 0 unspecified atom stereocenters. The van der Waals surface area contributed by atoms with Crippen molar-refractivity contribution in [3.05, 3.63) is 80.1 Å². The van der Waals surface area contributed by atoms with Gasteiger partial charge in [-0.2, -0.15) is 0 Å². The van der Waals surface area contributed by atoms with Gasteiger partial charge in [0.1, 0.15) is 0 Å². The summed E-state index contributed by atoms with van der Waals surface area (Å²) < 4.78 is 12.2. The highest BCUT2D eigenvalue weighted by molar-refractivity contribution is 9.10. The first-order valence-electron chi connectivity index (χ1n) is 8.15. The van der Waals surface area contributed by atoms with Crippen LogP contribution in [0.3, 0.4) is 0 Å². The van der Waals surface area contributed by atoms with Crippen molar-refractivity contribution >= 4 is 56.0 Å². The van der Waals surface area contributed by atoms with Crippen molar-refractivity contribution in [3.63, 3.8) is 0 Å². The Morgan fingerprint density at radius 3 is 1.32 bits per heavy atom. The standard InChI is InChI=1S/C22H16Br2O4/c1-15(25)27-21(13-17-3-7-19(23)8-4-17)11-12-22(28-16(2)26)14-18-5-9-20(24)10-6-18/h3-10,13-14H,1-2H3/b21-13+,22-14+. The molecule has 0 N–H and O–H groups in total. The minimum atomic E-state index is -0.497. The first-order chi connectivity index (χ1) is 13.3. The predicted octanol–water partition coefficient (Wildman–Crippen LogP) is 5.72. The van der Waals surface area contributed by atoms with Crippen LogP contribution in [0, 0.1) is 11.8 Å². The molecule has 0 aliphatic carbocycles.